The number of urea groups is 1. The number of nitrogens with zero attached hydrogens (tertiary/aromatic N) is 2. The van der Waals surface area contributed by atoms with Crippen molar-refractivity contribution in [2.75, 3.05) is 39.3 Å². The first-order chi connectivity index (χ1) is 12.0. The fourth-order valence-corrected chi connectivity index (χ4v) is 4.12. The molecule has 2 heterocycles. The molecule has 2 saturated heterocycles. The second kappa shape index (κ2) is 7.75. The number of benzene rings is 1. The maximum Gasteiger partial charge on any atom is 0.317 e. The van der Waals surface area contributed by atoms with E-state index in [0.29, 0.717) is 12.6 Å². The molecule has 2 aliphatic heterocycles. The molecule has 5 nitrogen and oxygen atoms in total. The summed E-state index contributed by atoms with van der Waals surface area (Å²) >= 11 is 0. The Kier molecular flexibility index (Phi) is 5.64. The molecule has 2 N–H and O–H groups in total. The predicted molar refractivity (Wildman–Crippen MR) is 99.6 cm³/mol. The zero-order valence-corrected chi connectivity index (χ0v) is 15.4. The third-order valence-electron chi connectivity index (χ3n) is 5.88. The van der Waals surface area contributed by atoms with Crippen LogP contribution in [0.5, 0.6) is 0 Å². The van der Waals surface area contributed by atoms with E-state index in [2.05, 4.69) is 22.3 Å². The summed E-state index contributed by atoms with van der Waals surface area (Å²) in [5, 5.41) is 12.9. The van der Waals surface area contributed by atoms with Crippen LogP contribution in [0.25, 0.3) is 0 Å². The Morgan fingerprint density at radius 3 is 2.76 bits per heavy atom. The summed E-state index contributed by atoms with van der Waals surface area (Å²) in [6.45, 7) is 8.54. The van der Waals surface area contributed by atoms with Crippen molar-refractivity contribution >= 4 is 6.03 Å². The third kappa shape index (κ3) is 4.15. The average molecular weight is 345 g/mol. The summed E-state index contributed by atoms with van der Waals surface area (Å²) in [7, 11) is 0. The normalized spacial score (nSPS) is 22.5. The Morgan fingerprint density at radius 2 is 2.04 bits per heavy atom. The molecule has 0 saturated carbocycles. The van der Waals surface area contributed by atoms with Gasteiger partial charge in [0, 0.05) is 44.7 Å². The number of carbonyl (C=O) groups is 1. The van der Waals surface area contributed by atoms with Gasteiger partial charge in [0.2, 0.25) is 0 Å². The summed E-state index contributed by atoms with van der Waals surface area (Å²) in [6.07, 6.45) is 2.45. The summed E-state index contributed by atoms with van der Waals surface area (Å²) in [6, 6.07) is 10.7. The number of fused-ring (bicyclic) bond motifs is 1. The van der Waals surface area contributed by atoms with Gasteiger partial charge in [-0.1, -0.05) is 44.2 Å². The highest BCUT2D eigenvalue weighted by atomic mass is 16.3. The van der Waals surface area contributed by atoms with E-state index in [9.17, 15) is 9.90 Å². The molecule has 1 aromatic rings. The molecule has 2 amide bonds. The van der Waals surface area contributed by atoms with Gasteiger partial charge in [0.1, 0.15) is 0 Å². The van der Waals surface area contributed by atoms with Crippen molar-refractivity contribution in [3.63, 3.8) is 0 Å². The number of hydrogen-bond donors (Lipinski definition) is 2. The number of piperazine rings is 1. The molecule has 2 aliphatic rings. The van der Waals surface area contributed by atoms with Crippen molar-refractivity contribution in [2.45, 2.75) is 38.6 Å². The molecule has 2 fully saturated rings. The van der Waals surface area contributed by atoms with Crippen LogP contribution in [0, 0.1) is 5.41 Å². The minimum Gasteiger partial charge on any atom is -0.396 e. The molecule has 0 unspecified atom stereocenters. The number of carbonyl (C=O) groups excluding carboxylic acids is 1. The summed E-state index contributed by atoms with van der Waals surface area (Å²) < 4.78 is 0. The lowest BCUT2D eigenvalue weighted by atomic mass is 9.75. The van der Waals surface area contributed by atoms with Crippen molar-refractivity contribution in [1.29, 1.82) is 0 Å². The van der Waals surface area contributed by atoms with Crippen LogP contribution < -0.4 is 5.32 Å². The fourth-order valence-electron chi connectivity index (χ4n) is 4.12. The van der Waals surface area contributed by atoms with Gasteiger partial charge in [0.05, 0.1) is 0 Å². The van der Waals surface area contributed by atoms with Gasteiger partial charge in [0.15, 0.2) is 0 Å². The molecular formula is C20H31N3O2. The second-order valence-electron chi connectivity index (χ2n) is 8.07. The Hall–Kier alpha value is -1.59. The summed E-state index contributed by atoms with van der Waals surface area (Å²) in [5.41, 5.74) is 0.862. The highest BCUT2D eigenvalue weighted by Gasteiger charge is 2.34. The quantitative estimate of drug-likeness (QED) is 0.861. The lowest BCUT2D eigenvalue weighted by Gasteiger charge is -2.38. The van der Waals surface area contributed by atoms with Gasteiger partial charge in [-0.15, -0.1) is 0 Å². The largest absolute Gasteiger partial charge is 0.396 e. The maximum absolute atomic E-state index is 12.7. The fraction of sp³-hybridized carbons (Fsp3) is 0.650. The van der Waals surface area contributed by atoms with E-state index in [1.165, 1.54) is 19.4 Å². The standard InChI is InChI=1S/C20H31N3O2/c1-20(2,15-24)18(16-7-4-3-5-8-16)13-21-19(25)23-12-11-22-10-6-9-17(22)14-23/h3-5,7-8,17-18,24H,6,9-15H2,1-2H3,(H,21,25)/t17-,18+/m0/s1. The first kappa shape index (κ1) is 18.2. The molecular weight excluding hydrogens is 314 g/mol. The second-order valence-corrected chi connectivity index (χ2v) is 8.07. The van der Waals surface area contributed by atoms with Crippen LogP contribution in [0.2, 0.25) is 0 Å². The smallest absolute Gasteiger partial charge is 0.317 e. The molecule has 1 aromatic carbocycles. The first-order valence-electron chi connectivity index (χ1n) is 9.44. The van der Waals surface area contributed by atoms with Gasteiger partial charge < -0.3 is 15.3 Å². The minimum atomic E-state index is -0.293. The average Bonchev–Trinajstić information content (AvgIpc) is 3.10. The van der Waals surface area contributed by atoms with Crippen LogP contribution in [-0.2, 0) is 0 Å². The molecule has 0 bridgehead atoms. The van der Waals surface area contributed by atoms with E-state index in [1.807, 2.05) is 36.9 Å². The van der Waals surface area contributed by atoms with Gasteiger partial charge in [-0.05, 0) is 30.4 Å². The third-order valence-corrected chi connectivity index (χ3v) is 5.88. The number of nitrogens with one attached hydrogen (secondary N) is 1. The van der Waals surface area contributed by atoms with Crippen LogP contribution in [0.1, 0.15) is 38.2 Å². The molecule has 0 aromatic heterocycles. The van der Waals surface area contributed by atoms with E-state index >= 15 is 0 Å². The zero-order chi connectivity index (χ0) is 17.9. The van der Waals surface area contributed by atoms with Crippen LogP contribution in [0.4, 0.5) is 4.79 Å². The van der Waals surface area contributed by atoms with Crippen molar-refractivity contribution in [2.24, 2.45) is 5.41 Å². The number of amides is 2. The van der Waals surface area contributed by atoms with Crippen LogP contribution in [0.3, 0.4) is 0 Å². The Balaban J connectivity index is 1.62. The van der Waals surface area contributed by atoms with Gasteiger partial charge in [-0.3, -0.25) is 4.90 Å². The van der Waals surface area contributed by atoms with Gasteiger partial charge in [-0.25, -0.2) is 4.79 Å². The maximum atomic E-state index is 12.7. The van der Waals surface area contributed by atoms with Gasteiger partial charge >= 0.3 is 6.03 Å². The summed E-state index contributed by atoms with van der Waals surface area (Å²) in [5.74, 6) is 0.0791. The van der Waals surface area contributed by atoms with Crippen molar-refractivity contribution in [3.05, 3.63) is 35.9 Å². The molecule has 0 spiro atoms. The SMILES string of the molecule is CC(C)(CO)[C@H](CNC(=O)N1CCN2CCC[C@H]2C1)c1ccccc1. The monoisotopic (exact) mass is 345 g/mol. The molecule has 0 radical (unpaired) electrons. The van der Waals surface area contributed by atoms with Crippen molar-refractivity contribution in [1.82, 2.24) is 15.1 Å². The van der Waals surface area contributed by atoms with E-state index in [4.69, 9.17) is 0 Å². The van der Waals surface area contributed by atoms with E-state index in [1.54, 1.807) is 0 Å². The van der Waals surface area contributed by atoms with Crippen LogP contribution in [0.15, 0.2) is 30.3 Å². The number of aliphatic hydroxyl groups is 1. The summed E-state index contributed by atoms with van der Waals surface area (Å²) in [4.78, 5) is 17.1. The van der Waals surface area contributed by atoms with Crippen LogP contribution in [-0.4, -0.2) is 66.3 Å². The number of hydrogen-bond acceptors (Lipinski definition) is 3. The molecule has 138 valence electrons. The lowest BCUT2D eigenvalue weighted by molar-refractivity contribution is 0.111. The molecule has 0 aliphatic carbocycles. The highest BCUT2D eigenvalue weighted by molar-refractivity contribution is 5.74. The van der Waals surface area contributed by atoms with Gasteiger partial charge in [-0.2, -0.15) is 0 Å². The van der Waals surface area contributed by atoms with E-state index in [-0.39, 0.29) is 24.0 Å². The topological polar surface area (TPSA) is 55.8 Å². The zero-order valence-electron chi connectivity index (χ0n) is 15.4. The van der Waals surface area contributed by atoms with Crippen molar-refractivity contribution in [3.8, 4) is 0 Å². The molecule has 2 atom stereocenters. The Labute approximate surface area is 151 Å². The first-order valence-corrected chi connectivity index (χ1v) is 9.44. The Bertz CT molecular complexity index is 576. The molecule has 5 heteroatoms. The van der Waals surface area contributed by atoms with Gasteiger partial charge in [0.25, 0.3) is 0 Å². The highest BCUT2D eigenvalue weighted by Crippen LogP contribution is 2.34. The van der Waals surface area contributed by atoms with E-state index < -0.39 is 0 Å². The predicted octanol–water partition coefficient (Wildman–Crippen LogP) is 2.28. The number of rotatable bonds is 5. The molecule has 3 rings (SSSR count). The van der Waals surface area contributed by atoms with Crippen molar-refractivity contribution < 1.29 is 9.90 Å². The minimum absolute atomic E-state index is 0.0289. The van der Waals surface area contributed by atoms with Crippen LogP contribution >= 0.6 is 0 Å². The van der Waals surface area contributed by atoms with E-state index in [0.717, 1.165) is 25.2 Å². The molecule has 25 heavy (non-hydrogen) atoms. The lowest BCUT2D eigenvalue weighted by Crippen LogP contribution is -2.55. The number of aliphatic hydroxyl groups excluding tert-OH is 1. The Morgan fingerprint density at radius 1 is 1.28 bits per heavy atom.